The van der Waals surface area contributed by atoms with Gasteiger partial charge in [0.25, 0.3) is 5.91 Å². The highest BCUT2D eigenvalue weighted by Crippen LogP contribution is 2.08. The van der Waals surface area contributed by atoms with Crippen LogP contribution >= 0.6 is 15.9 Å². The number of alkyl halides is 1. The molecule has 72 valence electrons. The highest BCUT2D eigenvalue weighted by molar-refractivity contribution is 9.09. The zero-order valence-electron chi connectivity index (χ0n) is 7.63. The topological polar surface area (TPSA) is 42.2 Å². The third-order valence-electron chi connectivity index (χ3n) is 1.68. The molecule has 1 unspecified atom stereocenters. The van der Waals surface area contributed by atoms with E-state index < -0.39 is 0 Å². The first kappa shape index (κ1) is 10.3. The molecule has 0 bridgehead atoms. The number of hydrogen-bond acceptors (Lipinski definition) is 2. The summed E-state index contributed by atoms with van der Waals surface area (Å²) in [4.78, 5) is 11.5. The number of nitrogens with one attached hydrogen (secondary N) is 1. The van der Waals surface area contributed by atoms with Crippen molar-refractivity contribution in [1.29, 1.82) is 0 Å². The second-order valence-corrected chi connectivity index (χ2v) is 3.61. The molecular weight excluding hydrogens is 234 g/mol. The molecule has 3 nitrogen and oxygen atoms in total. The van der Waals surface area contributed by atoms with Gasteiger partial charge in [-0.1, -0.05) is 15.9 Å². The number of aryl methyl sites for hydroxylation is 1. The summed E-state index contributed by atoms with van der Waals surface area (Å²) in [5.74, 6) is 0.238. The van der Waals surface area contributed by atoms with Gasteiger partial charge in [0.15, 0.2) is 5.76 Å². The molecule has 1 rings (SSSR count). The largest absolute Gasteiger partial charge is 0.459 e. The third-order valence-corrected chi connectivity index (χ3v) is 2.65. The number of amides is 1. The lowest BCUT2D eigenvalue weighted by Crippen LogP contribution is -2.33. The van der Waals surface area contributed by atoms with E-state index in [4.69, 9.17) is 4.42 Å². The molecule has 1 N–H and O–H groups in total. The van der Waals surface area contributed by atoms with E-state index in [2.05, 4.69) is 21.2 Å². The minimum atomic E-state index is -0.158. The zero-order chi connectivity index (χ0) is 9.84. The van der Waals surface area contributed by atoms with E-state index in [1.165, 1.54) is 6.26 Å². The molecule has 1 aromatic rings. The number of carbonyl (C=O) groups is 1. The molecule has 0 aliphatic heterocycles. The van der Waals surface area contributed by atoms with Gasteiger partial charge in [0.1, 0.15) is 0 Å². The van der Waals surface area contributed by atoms with Crippen molar-refractivity contribution in [1.82, 2.24) is 5.32 Å². The third kappa shape index (κ3) is 2.59. The molecule has 1 atom stereocenters. The van der Waals surface area contributed by atoms with Crippen LogP contribution in [0, 0.1) is 6.92 Å². The normalized spacial score (nSPS) is 12.5. The number of furan rings is 1. The van der Waals surface area contributed by atoms with Crippen LogP contribution in [0.5, 0.6) is 0 Å². The van der Waals surface area contributed by atoms with Gasteiger partial charge in [-0.15, -0.1) is 0 Å². The van der Waals surface area contributed by atoms with Crippen LogP contribution in [0.15, 0.2) is 16.7 Å². The Morgan fingerprint density at radius 2 is 2.46 bits per heavy atom. The average Bonchev–Trinajstić information content (AvgIpc) is 2.51. The molecule has 1 amide bonds. The van der Waals surface area contributed by atoms with E-state index >= 15 is 0 Å². The highest BCUT2D eigenvalue weighted by Gasteiger charge is 2.13. The fraction of sp³-hybridized carbons (Fsp3) is 0.444. The first-order valence-corrected chi connectivity index (χ1v) is 5.18. The maximum Gasteiger partial charge on any atom is 0.287 e. The van der Waals surface area contributed by atoms with Crippen LogP contribution in [-0.4, -0.2) is 17.3 Å². The van der Waals surface area contributed by atoms with Crippen molar-refractivity contribution in [2.45, 2.75) is 19.9 Å². The predicted octanol–water partition coefficient (Wildman–Crippen LogP) is 2.10. The summed E-state index contributed by atoms with van der Waals surface area (Å²) >= 11 is 3.28. The fourth-order valence-electron chi connectivity index (χ4n) is 0.933. The van der Waals surface area contributed by atoms with Crippen molar-refractivity contribution in [3.63, 3.8) is 0 Å². The van der Waals surface area contributed by atoms with Gasteiger partial charge in [0.05, 0.1) is 6.26 Å². The standard InChI is InChI=1S/C9H12BrNO2/c1-6-3-4-13-8(6)9(12)11-7(2)5-10/h3-4,7H,5H2,1-2H3,(H,11,12). The maximum atomic E-state index is 11.5. The Balaban J connectivity index is 2.64. The monoisotopic (exact) mass is 245 g/mol. The van der Waals surface area contributed by atoms with Crippen molar-refractivity contribution in [2.75, 3.05) is 5.33 Å². The minimum absolute atomic E-state index is 0.108. The first-order valence-electron chi connectivity index (χ1n) is 4.06. The Morgan fingerprint density at radius 3 is 2.92 bits per heavy atom. The van der Waals surface area contributed by atoms with Crippen molar-refractivity contribution in [2.24, 2.45) is 0 Å². The Morgan fingerprint density at radius 1 is 1.77 bits per heavy atom. The molecule has 0 aromatic carbocycles. The number of carbonyl (C=O) groups excluding carboxylic acids is 1. The summed E-state index contributed by atoms with van der Waals surface area (Å²) in [6, 6.07) is 1.88. The number of hydrogen-bond donors (Lipinski definition) is 1. The second kappa shape index (κ2) is 4.46. The van der Waals surface area contributed by atoms with Gasteiger partial charge in [-0.05, 0) is 19.9 Å². The molecule has 0 saturated heterocycles. The smallest absolute Gasteiger partial charge is 0.287 e. The number of rotatable bonds is 3. The molecule has 1 aromatic heterocycles. The van der Waals surface area contributed by atoms with Crippen LogP contribution < -0.4 is 5.32 Å². The molecule has 13 heavy (non-hydrogen) atoms. The van der Waals surface area contributed by atoms with Crippen molar-refractivity contribution >= 4 is 21.8 Å². The molecule has 0 saturated carbocycles. The zero-order valence-corrected chi connectivity index (χ0v) is 9.22. The van der Waals surface area contributed by atoms with Gasteiger partial charge in [-0.25, -0.2) is 0 Å². The van der Waals surface area contributed by atoms with E-state index in [-0.39, 0.29) is 11.9 Å². The Hall–Kier alpha value is -0.770. The van der Waals surface area contributed by atoms with E-state index in [1.54, 1.807) is 6.07 Å². The minimum Gasteiger partial charge on any atom is -0.459 e. The number of halogens is 1. The van der Waals surface area contributed by atoms with Crippen LogP contribution in [0.2, 0.25) is 0 Å². The summed E-state index contributed by atoms with van der Waals surface area (Å²) in [5, 5.41) is 3.53. The van der Waals surface area contributed by atoms with Crippen LogP contribution in [-0.2, 0) is 0 Å². The Bertz CT molecular complexity index is 296. The van der Waals surface area contributed by atoms with Gasteiger partial charge in [0, 0.05) is 16.9 Å². The van der Waals surface area contributed by atoms with E-state index in [9.17, 15) is 4.79 Å². The quantitative estimate of drug-likeness (QED) is 0.830. The molecule has 1 heterocycles. The summed E-state index contributed by atoms with van der Waals surface area (Å²) in [7, 11) is 0. The highest BCUT2D eigenvalue weighted by atomic mass is 79.9. The molecule has 0 radical (unpaired) electrons. The molecular formula is C9H12BrNO2. The van der Waals surface area contributed by atoms with Crippen LogP contribution in [0.25, 0.3) is 0 Å². The van der Waals surface area contributed by atoms with Crippen LogP contribution in [0.4, 0.5) is 0 Å². The summed E-state index contributed by atoms with van der Waals surface area (Å²) in [6.45, 7) is 3.77. The SMILES string of the molecule is Cc1ccoc1C(=O)NC(C)CBr. The summed E-state index contributed by atoms with van der Waals surface area (Å²) in [5.41, 5.74) is 0.860. The van der Waals surface area contributed by atoms with Crippen molar-refractivity contribution in [3.05, 3.63) is 23.7 Å². The van der Waals surface area contributed by atoms with Gasteiger partial charge in [0.2, 0.25) is 0 Å². The van der Waals surface area contributed by atoms with Gasteiger partial charge < -0.3 is 9.73 Å². The van der Waals surface area contributed by atoms with Gasteiger partial charge in [-0.2, -0.15) is 0 Å². The molecule has 0 spiro atoms. The summed E-state index contributed by atoms with van der Waals surface area (Å²) < 4.78 is 5.04. The van der Waals surface area contributed by atoms with Crippen LogP contribution in [0.1, 0.15) is 23.0 Å². The van der Waals surface area contributed by atoms with E-state index in [0.717, 1.165) is 10.9 Å². The van der Waals surface area contributed by atoms with E-state index in [1.807, 2.05) is 13.8 Å². The van der Waals surface area contributed by atoms with E-state index in [0.29, 0.717) is 5.76 Å². The lowest BCUT2D eigenvalue weighted by atomic mass is 10.2. The van der Waals surface area contributed by atoms with Gasteiger partial charge >= 0.3 is 0 Å². The maximum absolute atomic E-state index is 11.5. The molecule has 0 aliphatic rings. The molecule has 4 heteroatoms. The van der Waals surface area contributed by atoms with Crippen LogP contribution in [0.3, 0.4) is 0 Å². The first-order chi connectivity index (χ1) is 6.15. The lowest BCUT2D eigenvalue weighted by molar-refractivity contribution is 0.0915. The van der Waals surface area contributed by atoms with Crippen molar-refractivity contribution < 1.29 is 9.21 Å². The molecule has 0 aliphatic carbocycles. The second-order valence-electron chi connectivity index (χ2n) is 2.96. The van der Waals surface area contributed by atoms with Crippen molar-refractivity contribution in [3.8, 4) is 0 Å². The average molecular weight is 246 g/mol. The fourth-order valence-corrected chi connectivity index (χ4v) is 1.10. The lowest BCUT2D eigenvalue weighted by Gasteiger charge is -2.08. The predicted molar refractivity (Wildman–Crippen MR) is 54.2 cm³/mol. The summed E-state index contributed by atoms with van der Waals surface area (Å²) in [6.07, 6.45) is 1.52. The van der Waals surface area contributed by atoms with Gasteiger partial charge in [-0.3, -0.25) is 4.79 Å². The molecule has 0 fully saturated rings. The Kier molecular flexibility index (Phi) is 3.54. The Labute approximate surface area is 85.6 Å².